The highest BCUT2D eigenvalue weighted by Gasteiger charge is 2.25. The molecule has 3 N–H and O–H groups in total. The summed E-state index contributed by atoms with van der Waals surface area (Å²) < 4.78 is 9.95. The van der Waals surface area contributed by atoms with Gasteiger partial charge in [0.15, 0.2) is 12.1 Å². The first-order valence-corrected chi connectivity index (χ1v) is 5.46. The van der Waals surface area contributed by atoms with E-state index in [1.807, 2.05) is 0 Å². The van der Waals surface area contributed by atoms with E-state index in [9.17, 15) is 10.2 Å². The predicted molar refractivity (Wildman–Crippen MR) is 53.3 cm³/mol. The van der Waals surface area contributed by atoms with Crippen LogP contribution in [0.15, 0.2) is 0 Å². The minimum atomic E-state index is -1.11. The van der Waals surface area contributed by atoms with Crippen molar-refractivity contribution in [2.45, 2.75) is 38.4 Å². The van der Waals surface area contributed by atoms with Crippen molar-refractivity contribution < 1.29 is 19.1 Å². The molecule has 1 saturated heterocycles. The molecule has 0 aromatic rings. The SMILES string of the molecule is CC(C)(O)OSCCC1NCOC1O. The van der Waals surface area contributed by atoms with Crippen LogP contribution in [-0.2, 0) is 8.92 Å². The molecule has 1 aliphatic rings. The first kappa shape index (κ1) is 12.2. The van der Waals surface area contributed by atoms with E-state index >= 15 is 0 Å². The molecule has 1 rings (SSSR count). The molecule has 0 aromatic carbocycles. The maximum atomic E-state index is 9.26. The third-order valence-corrected chi connectivity index (χ3v) is 2.65. The van der Waals surface area contributed by atoms with Crippen LogP contribution in [-0.4, -0.2) is 40.8 Å². The van der Waals surface area contributed by atoms with Crippen LogP contribution in [0.25, 0.3) is 0 Å². The second-order valence-corrected chi connectivity index (χ2v) is 4.46. The van der Waals surface area contributed by atoms with Gasteiger partial charge in [0.25, 0.3) is 0 Å². The van der Waals surface area contributed by atoms with Gasteiger partial charge in [-0.25, -0.2) is 0 Å². The van der Waals surface area contributed by atoms with Crippen LogP contribution in [0, 0.1) is 0 Å². The lowest BCUT2D eigenvalue weighted by Gasteiger charge is -2.17. The number of aliphatic hydroxyl groups excluding tert-OH is 1. The van der Waals surface area contributed by atoms with Gasteiger partial charge < -0.3 is 14.9 Å². The monoisotopic (exact) mass is 223 g/mol. The zero-order chi connectivity index (χ0) is 10.6. The van der Waals surface area contributed by atoms with Crippen molar-refractivity contribution in [1.29, 1.82) is 0 Å². The average molecular weight is 223 g/mol. The van der Waals surface area contributed by atoms with Crippen LogP contribution in [0.1, 0.15) is 20.3 Å². The van der Waals surface area contributed by atoms with Crippen LogP contribution in [0.3, 0.4) is 0 Å². The summed E-state index contributed by atoms with van der Waals surface area (Å²) in [6.07, 6.45) is 0.0137. The molecule has 0 amide bonds. The summed E-state index contributed by atoms with van der Waals surface area (Å²) in [5.74, 6) is -0.412. The van der Waals surface area contributed by atoms with Gasteiger partial charge in [-0.2, -0.15) is 0 Å². The van der Waals surface area contributed by atoms with Crippen molar-refractivity contribution in [3.05, 3.63) is 0 Å². The Balaban J connectivity index is 2.04. The van der Waals surface area contributed by atoms with Gasteiger partial charge in [-0.05, 0) is 32.3 Å². The Kier molecular flexibility index (Phi) is 4.62. The number of hydrogen-bond donors (Lipinski definition) is 3. The molecule has 14 heavy (non-hydrogen) atoms. The summed E-state index contributed by atoms with van der Waals surface area (Å²) in [6.45, 7) is 3.54. The lowest BCUT2D eigenvalue weighted by Crippen LogP contribution is -2.31. The minimum absolute atomic E-state index is 0.0343. The molecule has 6 heteroatoms. The van der Waals surface area contributed by atoms with Gasteiger partial charge in [-0.3, -0.25) is 9.50 Å². The van der Waals surface area contributed by atoms with E-state index in [1.54, 1.807) is 13.8 Å². The smallest absolute Gasteiger partial charge is 0.172 e. The molecular weight excluding hydrogens is 206 g/mol. The fourth-order valence-electron chi connectivity index (χ4n) is 1.06. The minimum Gasteiger partial charge on any atom is -0.367 e. The molecule has 0 spiro atoms. The number of ether oxygens (including phenoxy) is 1. The second-order valence-electron chi connectivity index (χ2n) is 3.65. The van der Waals surface area contributed by atoms with Gasteiger partial charge in [0.05, 0.1) is 6.04 Å². The Hall–Kier alpha value is 0.150. The zero-order valence-electron chi connectivity index (χ0n) is 8.40. The number of rotatable bonds is 5. The fourth-order valence-corrected chi connectivity index (χ4v) is 1.78. The van der Waals surface area contributed by atoms with Gasteiger partial charge in [0, 0.05) is 5.75 Å². The van der Waals surface area contributed by atoms with E-state index in [2.05, 4.69) is 5.32 Å². The van der Waals surface area contributed by atoms with Gasteiger partial charge >= 0.3 is 0 Å². The summed E-state index contributed by atoms with van der Waals surface area (Å²) in [4.78, 5) is 0. The van der Waals surface area contributed by atoms with Crippen molar-refractivity contribution in [2.75, 3.05) is 12.5 Å². The summed E-state index contributed by atoms with van der Waals surface area (Å²) in [5, 5.41) is 21.5. The standard InChI is InChI=1S/C8H17NO4S/c1-8(2,11)13-14-4-3-6-7(10)12-5-9-6/h6-7,9-11H,3-5H2,1-2H3. The van der Waals surface area contributed by atoms with E-state index in [4.69, 9.17) is 8.92 Å². The molecule has 2 atom stereocenters. The normalized spacial score (nSPS) is 28.3. The quantitative estimate of drug-likeness (QED) is 0.347. The molecule has 0 aliphatic carbocycles. The third-order valence-electron chi connectivity index (χ3n) is 1.72. The van der Waals surface area contributed by atoms with E-state index in [0.717, 1.165) is 6.42 Å². The lowest BCUT2D eigenvalue weighted by molar-refractivity contribution is -0.0911. The van der Waals surface area contributed by atoms with Gasteiger partial charge in [0.1, 0.15) is 6.73 Å². The number of aliphatic hydroxyl groups is 2. The van der Waals surface area contributed by atoms with Crippen molar-refractivity contribution >= 4 is 12.0 Å². The van der Waals surface area contributed by atoms with Crippen molar-refractivity contribution in [2.24, 2.45) is 0 Å². The molecule has 5 nitrogen and oxygen atoms in total. The largest absolute Gasteiger partial charge is 0.367 e. The van der Waals surface area contributed by atoms with Gasteiger partial charge in [0.2, 0.25) is 0 Å². The second kappa shape index (κ2) is 5.29. The van der Waals surface area contributed by atoms with Gasteiger partial charge in [-0.1, -0.05) is 0 Å². The molecule has 0 bridgehead atoms. The molecule has 0 aromatic heterocycles. The van der Waals surface area contributed by atoms with E-state index in [0.29, 0.717) is 12.5 Å². The highest BCUT2D eigenvalue weighted by molar-refractivity contribution is 7.94. The highest BCUT2D eigenvalue weighted by Crippen LogP contribution is 2.17. The van der Waals surface area contributed by atoms with Crippen LogP contribution >= 0.6 is 12.0 Å². The number of nitrogens with one attached hydrogen (secondary N) is 1. The Bertz CT molecular complexity index is 173. The van der Waals surface area contributed by atoms with Crippen LogP contribution < -0.4 is 5.32 Å². The van der Waals surface area contributed by atoms with Gasteiger partial charge in [-0.15, -0.1) is 0 Å². The van der Waals surface area contributed by atoms with E-state index < -0.39 is 12.1 Å². The van der Waals surface area contributed by atoms with Crippen LogP contribution in [0.5, 0.6) is 0 Å². The first-order chi connectivity index (χ1) is 6.49. The summed E-state index contributed by atoms with van der Waals surface area (Å²) >= 11 is 1.19. The predicted octanol–water partition coefficient (Wildman–Crippen LogP) is 0.0340. The Labute approximate surface area is 88.0 Å². The zero-order valence-corrected chi connectivity index (χ0v) is 9.21. The van der Waals surface area contributed by atoms with E-state index in [-0.39, 0.29) is 6.04 Å². The van der Waals surface area contributed by atoms with Crippen molar-refractivity contribution in [1.82, 2.24) is 5.32 Å². The first-order valence-electron chi connectivity index (χ1n) is 4.55. The maximum Gasteiger partial charge on any atom is 0.172 e. The fraction of sp³-hybridized carbons (Fsp3) is 1.00. The summed E-state index contributed by atoms with van der Waals surface area (Å²) in [6, 6.07) is -0.0343. The highest BCUT2D eigenvalue weighted by atomic mass is 32.2. The Morgan fingerprint density at radius 2 is 2.36 bits per heavy atom. The average Bonchev–Trinajstić information content (AvgIpc) is 2.44. The molecule has 0 saturated carbocycles. The lowest BCUT2D eigenvalue weighted by atomic mass is 10.2. The maximum absolute atomic E-state index is 9.26. The van der Waals surface area contributed by atoms with Crippen LogP contribution in [0.4, 0.5) is 0 Å². The molecule has 0 radical (unpaired) electrons. The summed E-state index contributed by atoms with van der Waals surface area (Å²) in [5.41, 5.74) is 0. The van der Waals surface area contributed by atoms with Crippen molar-refractivity contribution in [3.63, 3.8) is 0 Å². The van der Waals surface area contributed by atoms with Crippen molar-refractivity contribution in [3.8, 4) is 0 Å². The molecule has 1 heterocycles. The van der Waals surface area contributed by atoms with E-state index in [1.165, 1.54) is 12.0 Å². The molecule has 1 fully saturated rings. The molecular formula is C8H17NO4S. The third kappa shape index (κ3) is 4.59. The topological polar surface area (TPSA) is 71.0 Å². The van der Waals surface area contributed by atoms with Crippen LogP contribution in [0.2, 0.25) is 0 Å². The summed E-state index contributed by atoms with van der Waals surface area (Å²) in [7, 11) is 0. The molecule has 84 valence electrons. The Morgan fingerprint density at radius 3 is 2.86 bits per heavy atom. The molecule has 2 unspecified atom stereocenters. The Morgan fingerprint density at radius 1 is 1.64 bits per heavy atom. The molecule has 1 aliphatic heterocycles. The number of hydrogen-bond acceptors (Lipinski definition) is 6.